The predicted molar refractivity (Wildman–Crippen MR) is 146 cm³/mol. The van der Waals surface area contributed by atoms with Crippen LogP contribution in [0.4, 0.5) is 10.2 Å². The second-order valence-corrected chi connectivity index (χ2v) is 10.7. The van der Waals surface area contributed by atoms with Gasteiger partial charge in [0.05, 0.1) is 16.1 Å². The SMILES string of the molecule is C=CC(=O)N1CCN(c2nc(=O)n3c4c(c(-c5ccc(F)c6cccnc56)c(Cl)cc24)SCC3)[C@@H](C)C1. The lowest BCUT2D eigenvalue weighted by Crippen LogP contribution is -2.54. The van der Waals surface area contributed by atoms with E-state index in [9.17, 15) is 14.0 Å². The van der Waals surface area contributed by atoms with Crippen LogP contribution in [0.25, 0.3) is 32.9 Å². The van der Waals surface area contributed by atoms with Crippen molar-refractivity contribution in [3.05, 3.63) is 70.5 Å². The molecule has 0 unspecified atom stereocenters. The molecule has 0 N–H and O–H groups in total. The number of halogens is 2. The van der Waals surface area contributed by atoms with Crippen molar-refractivity contribution in [1.82, 2.24) is 19.4 Å². The number of pyridine rings is 1. The smallest absolute Gasteiger partial charge is 0.350 e. The van der Waals surface area contributed by atoms with Crippen molar-refractivity contribution in [2.24, 2.45) is 0 Å². The maximum atomic E-state index is 14.6. The first kappa shape index (κ1) is 23.9. The van der Waals surface area contributed by atoms with Crippen LogP contribution in [0.3, 0.4) is 0 Å². The van der Waals surface area contributed by atoms with Gasteiger partial charge in [-0.1, -0.05) is 18.2 Å². The van der Waals surface area contributed by atoms with E-state index in [0.717, 1.165) is 26.9 Å². The molecule has 0 spiro atoms. The number of amides is 1. The van der Waals surface area contributed by atoms with Gasteiger partial charge in [-0.15, -0.1) is 11.8 Å². The number of anilines is 1. The Bertz CT molecular complexity index is 1670. The fourth-order valence-electron chi connectivity index (χ4n) is 5.36. The lowest BCUT2D eigenvalue weighted by atomic mass is 9.99. The van der Waals surface area contributed by atoms with Gasteiger partial charge in [0.2, 0.25) is 5.91 Å². The van der Waals surface area contributed by atoms with Gasteiger partial charge >= 0.3 is 5.69 Å². The van der Waals surface area contributed by atoms with Crippen LogP contribution in [0.2, 0.25) is 5.02 Å². The van der Waals surface area contributed by atoms with Crippen molar-refractivity contribution in [2.45, 2.75) is 24.4 Å². The molecule has 188 valence electrons. The normalized spacial score (nSPS) is 17.4. The standard InChI is InChI=1S/C27H23ClFN5O2S/c1-3-21(35)32-9-10-33(15(2)14-32)26-18-13-19(28)22(25-24(18)34(11-12-37-25)27(36)31-26)17-6-7-20(29)16-5-4-8-30-23(16)17/h3-8,13,15H,1,9-12,14H2,2H3/t15-/m0/s1. The lowest BCUT2D eigenvalue weighted by Gasteiger charge is -2.40. The molecule has 0 radical (unpaired) electrons. The van der Waals surface area contributed by atoms with Crippen LogP contribution in [0.5, 0.6) is 0 Å². The van der Waals surface area contributed by atoms with E-state index in [1.54, 1.807) is 45.6 Å². The molecule has 1 saturated heterocycles. The molecule has 2 aromatic carbocycles. The van der Waals surface area contributed by atoms with Gasteiger partial charge in [-0.05, 0) is 43.3 Å². The molecule has 2 aromatic heterocycles. The molecule has 10 heteroatoms. The number of aryl methyl sites for hydroxylation is 1. The van der Waals surface area contributed by atoms with Crippen LogP contribution in [0.15, 0.2) is 58.9 Å². The number of aromatic nitrogens is 3. The summed E-state index contributed by atoms with van der Waals surface area (Å²) in [5.74, 6) is 0.785. The highest BCUT2D eigenvalue weighted by molar-refractivity contribution is 7.99. The van der Waals surface area contributed by atoms with Crippen LogP contribution < -0.4 is 10.6 Å². The third-order valence-corrected chi connectivity index (χ3v) is 8.45. The van der Waals surface area contributed by atoms with Crippen LogP contribution >= 0.6 is 23.4 Å². The van der Waals surface area contributed by atoms with Crippen molar-refractivity contribution in [3.8, 4) is 11.1 Å². The van der Waals surface area contributed by atoms with Gasteiger partial charge in [-0.2, -0.15) is 4.98 Å². The van der Waals surface area contributed by atoms with Gasteiger partial charge in [0.1, 0.15) is 11.6 Å². The summed E-state index contributed by atoms with van der Waals surface area (Å²) < 4.78 is 16.3. The second kappa shape index (κ2) is 9.15. The summed E-state index contributed by atoms with van der Waals surface area (Å²) in [4.78, 5) is 39.1. The molecule has 6 rings (SSSR count). The minimum absolute atomic E-state index is 0.0636. The minimum Gasteiger partial charge on any atom is -0.350 e. The van der Waals surface area contributed by atoms with Gasteiger partial charge < -0.3 is 9.80 Å². The van der Waals surface area contributed by atoms with E-state index >= 15 is 0 Å². The Hall–Kier alpha value is -3.43. The molecular weight excluding hydrogens is 513 g/mol. The van der Waals surface area contributed by atoms with Crippen molar-refractivity contribution in [2.75, 3.05) is 30.3 Å². The number of carbonyl (C=O) groups excluding carboxylic acids is 1. The van der Waals surface area contributed by atoms with E-state index in [4.69, 9.17) is 11.6 Å². The number of fused-ring (bicyclic) bond motifs is 1. The largest absolute Gasteiger partial charge is 0.350 e. The predicted octanol–water partition coefficient (Wildman–Crippen LogP) is 4.73. The molecular formula is C27H23ClFN5O2S. The molecule has 0 saturated carbocycles. The van der Waals surface area contributed by atoms with Crippen molar-refractivity contribution < 1.29 is 9.18 Å². The molecule has 2 aliphatic rings. The van der Waals surface area contributed by atoms with Crippen LogP contribution in [0, 0.1) is 5.82 Å². The maximum Gasteiger partial charge on any atom is 0.350 e. The van der Waals surface area contributed by atoms with Gasteiger partial charge in [0, 0.05) is 71.0 Å². The number of nitrogens with zero attached hydrogens (tertiary/aromatic N) is 5. The number of carbonyl (C=O) groups is 1. The summed E-state index contributed by atoms with van der Waals surface area (Å²) in [6.07, 6.45) is 2.96. The molecule has 37 heavy (non-hydrogen) atoms. The molecule has 0 aliphatic carbocycles. The average molecular weight is 536 g/mol. The number of benzene rings is 2. The highest BCUT2D eigenvalue weighted by atomic mass is 35.5. The Balaban J connectivity index is 1.58. The Kier molecular flexibility index (Phi) is 5.92. The van der Waals surface area contributed by atoms with Crippen molar-refractivity contribution >= 4 is 56.9 Å². The van der Waals surface area contributed by atoms with Gasteiger partial charge in [0.15, 0.2) is 0 Å². The second-order valence-electron chi connectivity index (χ2n) is 9.20. The molecule has 1 atom stereocenters. The summed E-state index contributed by atoms with van der Waals surface area (Å²) in [5, 5.41) is 1.68. The number of rotatable bonds is 3. The monoisotopic (exact) mass is 535 g/mol. The number of hydrogen-bond donors (Lipinski definition) is 0. The van der Waals surface area contributed by atoms with E-state index in [-0.39, 0.29) is 23.5 Å². The number of piperazine rings is 1. The van der Waals surface area contributed by atoms with Gasteiger partial charge in [-0.25, -0.2) is 9.18 Å². The van der Waals surface area contributed by atoms with E-state index in [2.05, 4.69) is 21.4 Å². The third kappa shape index (κ3) is 3.79. The van der Waals surface area contributed by atoms with Crippen molar-refractivity contribution in [1.29, 1.82) is 0 Å². The third-order valence-electron chi connectivity index (χ3n) is 7.08. The first-order valence-corrected chi connectivity index (χ1v) is 13.4. The first-order chi connectivity index (χ1) is 17.9. The summed E-state index contributed by atoms with van der Waals surface area (Å²) in [5.41, 5.74) is 2.43. The maximum absolute atomic E-state index is 14.6. The fraction of sp³-hybridized carbons (Fsp3) is 0.259. The summed E-state index contributed by atoms with van der Waals surface area (Å²) in [6, 6.07) is 8.32. The topological polar surface area (TPSA) is 71.3 Å². The Labute approximate surface area is 221 Å². The summed E-state index contributed by atoms with van der Waals surface area (Å²) in [7, 11) is 0. The summed E-state index contributed by atoms with van der Waals surface area (Å²) >= 11 is 8.60. The molecule has 4 aromatic rings. The Morgan fingerprint density at radius 3 is 2.86 bits per heavy atom. The fourth-order valence-corrected chi connectivity index (χ4v) is 6.92. The zero-order chi connectivity index (χ0) is 25.8. The van der Waals surface area contributed by atoms with Gasteiger partial charge in [0.25, 0.3) is 0 Å². The van der Waals surface area contributed by atoms with E-state index in [0.29, 0.717) is 53.7 Å². The number of thioether (sulfide) groups is 1. The molecule has 7 nitrogen and oxygen atoms in total. The van der Waals surface area contributed by atoms with Crippen LogP contribution in [-0.4, -0.2) is 56.8 Å². The quantitative estimate of drug-likeness (QED) is 0.353. The Morgan fingerprint density at radius 1 is 1.24 bits per heavy atom. The zero-order valence-electron chi connectivity index (χ0n) is 20.1. The zero-order valence-corrected chi connectivity index (χ0v) is 21.7. The molecule has 4 heterocycles. The highest BCUT2D eigenvalue weighted by Crippen LogP contribution is 2.47. The lowest BCUT2D eigenvalue weighted by molar-refractivity contribution is -0.126. The minimum atomic E-state index is -0.350. The average Bonchev–Trinajstić information content (AvgIpc) is 2.91. The molecule has 1 amide bonds. The molecule has 1 fully saturated rings. The molecule has 2 aliphatic heterocycles. The van der Waals surface area contributed by atoms with Crippen LogP contribution in [0.1, 0.15) is 6.92 Å². The van der Waals surface area contributed by atoms with Gasteiger partial charge in [-0.3, -0.25) is 14.3 Å². The highest BCUT2D eigenvalue weighted by Gasteiger charge is 2.31. The summed E-state index contributed by atoms with van der Waals surface area (Å²) in [6.45, 7) is 7.66. The Morgan fingerprint density at radius 2 is 2.08 bits per heavy atom. The first-order valence-electron chi connectivity index (χ1n) is 12.0. The molecule has 0 bridgehead atoms. The van der Waals surface area contributed by atoms with Crippen molar-refractivity contribution in [3.63, 3.8) is 0 Å². The van der Waals surface area contributed by atoms with E-state index < -0.39 is 0 Å². The number of hydrogen-bond acceptors (Lipinski definition) is 6. The van der Waals surface area contributed by atoms with Crippen LogP contribution in [-0.2, 0) is 11.3 Å². The van der Waals surface area contributed by atoms with E-state index in [1.807, 2.05) is 13.0 Å². The van der Waals surface area contributed by atoms with E-state index in [1.165, 1.54) is 12.1 Å².